The molecule has 0 fully saturated rings. The monoisotopic (exact) mass is 674 g/mol. The molecule has 0 heteroatoms. The van der Waals surface area contributed by atoms with E-state index in [4.69, 9.17) is 0 Å². The molecule has 250 valence electrons. The van der Waals surface area contributed by atoms with Crippen molar-refractivity contribution >= 4 is 44.5 Å². The standard InChI is InChI=1S/C53H38/c1-53(2)49-18-10-9-13-43(49)44-32-31-42(34-50(44)53)52-47-16-7-5-14-45(47)51(46-15-6-8-17-48(46)52)39-27-23-36(24-28-39)20-19-35-21-25-38(26-22-35)41-30-29-37-11-3-4-12-40(37)33-41/h3-34H,1-2H3/b20-19+. The molecule has 9 aromatic carbocycles. The summed E-state index contributed by atoms with van der Waals surface area (Å²) < 4.78 is 0. The predicted octanol–water partition coefficient (Wildman–Crippen LogP) is 14.6. The minimum atomic E-state index is -0.0506. The first-order chi connectivity index (χ1) is 26.0. The number of hydrogen-bond acceptors (Lipinski definition) is 0. The van der Waals surface area contributed by atoms with Gasteiger partial charge in [-0.05, 0) is 111 Å². The summed E-state index contributed by atoms with van der Waals surface area (Å²) in [4.78, 5) is 0. The van der Waals surface area contributed by atoms with Crippen molar-refractivity contribution < 1.29 is 0 Å². The average Bonchev–Trinajstić information content (AvgIpc) is 3.44. The zero-order valence-electron chi connectivity index (χ0n) is 30.0. The molecule has 9 aromatic rings. The second-order valence-electron chi connectivity index (χ2n) is 14.9. The summed E-state index contributed by atoms with van der Waals surface area (Å²) in [6.45, 7) is 4.73. The molecule has 0 bridgehead atoms. The Hall–Kier alpha value is -6.50. The molecule has 0 nitrogen and oxygen atoms in total. The number of rotatable bonds is 5. The first-order valence-corrected chi connectivity index (χ1v) is 18.6. The van der Waals surface area contributed by atoms with E-state index >= 15 is 0 Å². The van der Waals surface area contributed by atoms with Gasteiger partial charge < -0.3 is 0 Å². The Labute approximate surface area is 311 Å². The van der Waals surface area contributed by atoms with Crippen molar-refractivity contribution in [3.05, 3.63) is 204 Å². The fourth-order valence-corrected chi connectivity index (χ4v) is 8.72. The molecule has 10 rings (SSSR count). The van der Waals surface area contributed by atoms with Crippen LogP contribution in [0.3, 0.4) is 0 Å². The Morgan fingerprint density at radius 1 is 0.340 bits per heavy atom. The van der Waals surface area contributed by atoms with Crippen LogP contribution in [0.1, 0.15) is 36.1 Å². The van der Waals surface area contributed by atoms with Crippen molar-refractivity contribution in [2.24, 2.45) is 0 Å². The maximum atomic E-state index is 2.46. The van der Waals surface area contributed by atoms with Gasteiger partial charge in [0.25, 0.3) is 0 Å². The lowest BCUT2D eigenvalue weighted by molar-refractivity contribution is 0.660. The predicted molar refractivity (Wildman–Crippen MR) is 228 cm³/mol. The summed E-state index contributed by atoms with van der Waals surface area (Å²) in [6, 6.07) is 67.1. The van der Waals surface area contributed by atoms with Gasteiger partial charge in [0.15, 0.2) is 0 Å². The molecule has 0 heterocycles. The van der Waals surface area contributed by atoms with Crippen LogP contribution in [0.2, 0.25) is 0 Å². The minimum absolute atomic E-state index is 0.0506. The number of fused-ring (bicyclic) bond motifs is 6. The van der Waals surface area contributed by atoms with Crippen LogP contribution in [-0.2, 0) is 5.41 Å². The maximum Gasteiger partial charge on any atom is 0.0159 e. The van der Waals surface area contributed by atoms with Crippen molar-refractivity contribution in [2.45, 2.75) is 19.3 Å². The molecule has 0 atom stereocenters. The highest BCUT2D eigenvalue weighted by Gasteiger charge is 2.35. The number of benzene rings is 9. The molecule has 0 spiro atoms. The van der Waals surface area contributed by atoms with Gasteiger partial charge in [0.05, 0.1) is 0 Å². The molecule has 1 aliphatic carbocycles. The van der Waals surface area contributed by atoms with Gasteiger partial charge in [-0.1, -0.05) is 196 Å². The summed E-state index contributed by atoms with van der Waals surface area (Å²) in [5.74, 6) is 0. The Balaban J connectivity index is 0.997. The molecule has 53 heavy (non-hydrogen) atoms. The summed E-state index contributed by atoms with van der Waals surface area (Å²) >= 11 is 0. The molecule has 0 amide bonds. The Morgan fingerprint density at radius 3 is 1.45 bits per heavy atom. The van der Waals surface area contributed by atoms with E-state index in [0.717, 1.165) is 0 Å². The smallest absolute Gasteiger partial charge is 0.0159 e. The second-order valence-corrected chi connectivity index (χ2v) is 14.9. The van der Waals surface area contributed by atoms with Crippen LogP contribution in [0.15, 0.2) is 182 Å². The van der Waals surface area contributed by atoms with Crippen LogP contribution in [0, 0.1) is 0 Å². The molecule has 1 aliphatic rings. The van der Waals surface area contributed by atoms with Crippen molar-refractivity contribution in [3.8, 4) is 44.5 Å². The third-order valence-electron chi connectivity index (χ3n) is 11.5. The van der Waals surface area contributed by atoms with E-state index in [1.807, 2.05) is 0 Å². The van der Waals surface area contributed by atoms with Crippen molar-refractivity contribution in [3.63, 3.8) is 0 Å². The topological polar surface area (TPSA) is 0 Å². The first kappa shape index (κ1) is 31.3. The second kappa shape index (κ2) is 12.3. The van der Waals surface area contributed by atoms with Crippen molar-refractivity contribution in [1.29, 1.82) is 0 Å². The molecule has 0 aromatic heterocycles. The zero-order chi connectivity index (χ0) is 35.5. The van der Waals surface area contributed by atoms with Gasteiger partial charge in [-0.3, -0.25) is 0 Å². The maximum absolute atomic E-state index is 2.46. The Bertz CT molecular complexity index is 2830. The fourth-order valence-electron chi connectivity index (χ4n) is 8.72. The highest BCUT2D eigenvalue weighted by Crippen LogP contribution is 2.51. The normalized spacial score (nSPS) is 13.2. The molecule has 0 saturated carbocycles. The van der Waals surface area contributed by atoms with Crippen molar-refractivity contribution in [1.82, 2.24) is 0 Å². The summed E-state index contributed by atoms with van der Waals surface area (Å²) in [5.41, 5.74) is 15.4. The highest BCUT2D eigenvalue weighted by molar-refractivity contribution is 6.21. The fraction of sp³-hybridized carbons (Fsp3) is 0.0566. The largest absolute Gasteiger partial charge is 0.0619 e. The van der Waals surface area contributed by atoms with E-state index < -0.39 is 0 Å². The van der Waals surface area contributed by atoms with Crippen LogP contribution in [0.25, 0.3) is 89.0 Å². The van der Waals surface area contributed by atoms with Crippen LogP contribution < -0.4 is 0 Å². The Kier molecular flexibility index (Phi) is 7.27. The van der Waals surface area contributed by atoms with Gasteiger partial charge in [-0.15, -0.1) is 0 Å². The lowest BCUT2D eigenvalue weighted by Gasteiger charge is -2.23. The number of hydrogen-bond donors (Lipinski definition) is 0. The van der Waals surface area contributed by atoms with Gasteiger partial charge in [-0.25, -0.2) is 0 Å². The van der Waals surface area contributed by atoms with E-state index in [1.165, 1.54) is 99.1 Å². The lowest BCUT2D eigenvalue weighted by atomic mass is 9.80. The van der Waals surface area contributed by atoms with Crippen molar-refractivity contribution in [2.75, 3.05) is 0 Å². The highest BCUT2D eigenvalue weighted by atomic mass is 14.4. The van der Waals surface area contributed by atoms with E-state index in [-0.39, 0.29) is 5.41 Å². The molecule has 0 N–H and O–H groups in total. The van der Waals surface area contributed by atoms with Crippen LogP contribution in [0.4, 0.5) is 0 Å². The van der Waals surface area contributed by atoms with E-state index in [2.05, 4.69) is 208 Å². The third-order valence-corrected chi connectivity index (χ3v) is 11.5. The third kappa shape index (κ3) is 5.21. The molecular weight excluding hydrogens is 637 g/mol. The van der Waals surface area contributed by atoms with E-state index in [9.17, 15) is 0 Å². The molecule has 0 aliphatic heterocycles. The van der Waals surface area contributed by atoms with Gasteiger partial charge >= 0.3 is 0 Å². The molecule has 0 saturated heterocycles. The average molecular weight is 675 g/mol. The summed E-state index contributed by atoms with van der Waals surface area (Å²) in [7, 11) is 0. The molecule has 0 radical (unpaired) electrons. The van der Waals surface area contributed by atoms with Gasteiger partial charge in [-0.2, -0.15) is 0 Å². The quantitative estimate of drug-likeness (QED) is 0.126. The zero-order valence-corrected chi connectivity index (χ0v) is 30.0. The van der Waals surface area contributed by atoms with Crippen LogP contribution >= 0.6 is 0 Å². The van der Waals surface area contributed by atoms with Crippen LogP contribution in [-0.4, -0.2) is 0 Å². The van der Waals surface area contributed by atoms with Crippen LogP contribution in [0.5, 0.6) is 0 Å². The minimum Gasteiger partial charge on any atom is -0.0619 e. The van der Waals surface area contributed by atoms with E-state index in [1.54, 1.807) is 0 Å². The summed E-state index contributed by atoms with van der Waals surface area (Å²) in [6.07, 6.45) is 4.41. The molecule has 0 unspecified atom stereocenters. The van der Waals surface area contributed by atoms with Gasteiger partial charge in [0.2, 0.25) is 0 Å². The lowest BCUT2D eigenvalue weighted by Crippen LogP contribution is -2.14. The first-order valence-electron chi connectivity index (χ1n) is 18.6. The van der Waals surface area contributed by atoms with Gasteiger partial charge in [0, 0.05) is 5.41 Å². The molecular formula is C53H38. The van der Waals surface area contributed by atoms with E-state index in [0.29, 0.717) is 0 Å². The SMILES string of the molecule is CC1(C)c2ccccc2-c2ccc(-c3c4ccccc4c(-c4ccc(/C=C/c5ccc(-c6ccc7ccccc7c6)cc5)cc4)c4ccccc34)cc21. The summed E-state index contributed by atoms with van der Waals surface area (Å²) in [5, 5.41) is 7.66. The van der Waals surface area contributed by atoms with Gasteiger partial charge in [0.1, 0.15) is 0 Å². The Morgan fingerprint density at radius 2 is 0.811 bits per heavy atom.